The Hall–Kier alpha value is -2.45. The van der Waals surface area contributed by atoms with Gasteiger partial charge in [0.1, 0.15) is 5.82 Å². The lowest BCUT2D eigenvalue weighted by atomic mass is 9.82. The number of sulfone groups is 1. The number of benzene rings is 2. The fourth-order valence-electron chi connectivity index (χ4n) is 3.01. The van der Waals surface area contributed by atoms with Gasteiger partial charge >= 0.3 is 6.03 Å². The molecule has 2 N–H and O–H groups in total. The summed E-state index contributed by atoms with van der Waals surface area (Å²) in [5, 5.41) is 12.0. The molecule has 27 heavy (non-hydrogen) atoms. The summed E-state index contributed by atoms with van der Waals surface area (Å²) in [5.74, 6) is -0.202. The van der Waals surface area contributed by atoms with Crippen LogP contribution in [0.25, 0.3) is 0 Å². The van der Waals surface area contributed by atoms with Crippen molar-refractivity contribution in [2.75, 3.05) is 18.9 Å². The van der Waals surface area contributed by atoms with Crippen LogP contribution in [0.2, 0.25) is 0 Å². The molecular formula is C19H21FN2O4S. The van der Waals surface area contributed by atoms with Crippen LogP contribution in [0, 0.1) is 11.7 Å². The highest BCUT2D eigenvalue weighted by Gasteiger charge is 2.29. The van der Waals surface area contributed by atoms with E-state index in [0.29, 0.717) is 31.0 Å². The lowest BCUT2D eigenvalue weighted by Gasteiger charge is -2.34. The number of nitrogens with zero attached hydrogens (tertiary/aromatic N) is 1. The first-order valence-electron chi connectivity index (χ1n) is 8.56. The maximum Gasteiger partial charge on any atom is 0.321 e. The van der Waals surface area contributed by atoms with Crippen LogP contribution in [0.1, 0.15) is 12.8 Å². The third-order valence-corrected chi connectivity index (χ3v) is 6.41. The average Bonchev–Trinajstić information content (AvgIpc) is 2.61. The second-order valence-electron chi connectivity index (χ2n) is 6.78. The first-order chi connectivity index (χ1) is 12.8. The Morgan fingerprint density at radius 2 is 1.63 bits per heavy atom. The van der Waals surface area contributed by atoms with E-state index in [4.69, 9.17) is 0 Å². The normalized spacial score (nSPS) is 19.2. The fraction of sp³-hybridized carbons (Fsp3) is 0.316. The SMILES string of the molecule is CN(CC1CC(O)C1)C(=O)Nc1ccc(S(=O)(=O)c2ccc(F)cc2)cc1. The molecule has 2 aromatic rings. The minimum absolute atomic E-state index is 0.00287. The van der Waals surface area contributed by atoms with Gasteiger partial charge in [-0.05, 0) is 67.3 Å². The van der Waals surface area contributed by atoms with Gasteiger partial charge in [-0.3, -0.25) is 0 Å². The van der Waals surface area contributed by atoms with Crippen molar-refractivity contribution in [3.05, 3.63) is 54.3 Å². The van der Waals surface area contributed by atoms with E-state index in [0.717, 1.165) is 12.1 Å². The third-order valence-electron chi connectivity index (χ3n) is 4.63. The highest BCUT2D eigenvalue weighted by Crippen LogP contribution is 2.28. The highest BCUT2D eigenvalue weighted by atomic mass is 32.2. The van der Waals surface area contributed by atoms with Crippen LogP contribution in [-0.2, 0) is 9.84 Å². The van der Waals surface area contributed by atoms with Crippen LogP contribution < -0.4 is 5.32 Å². The molecule has 8 heteroatoms. The van der Waals surface area contributed by atoms with Gasteiger partial charge in [0.05, 0.1) is 15.9 Å². The number of halogens is 1. The topological polar surface area (TPSA) is 86.7 Å². The summed E-state index contributed by atoms with van der Waals surface area (Å²) in [6.07, 6.45) is 1.14. The van der Waals surface area contributed by atoms with Crippen molar-refractivity contribution in [1.82, 2.24) is 4.90 Å². The summed E-state index contributed by atoms with van der Waals surface area (Å²) in [6.45, 7) is 0.555. The monoisotopic (exact) mass is 392 g/mol. The number of hydrogen-bond acceptors (Lipinski definition) is 4. The number of anilines is 1. The molecule has 0 aromatic heterocycles. The lowest BCUT2D eigenvalue weighted by molar-refractivity contribution is 0.0332. The van der Waals surface area contributed by atoms with Gasteiger partial charge in [-0.2, -0.15) is 0 Å². The molecule has 1 aliphatic rings. The van der Waals surface area contributed by atoms with E-state index in [9.17, 15) is 22.7 Å². The van der Waals surface area contributed by atoms with Crippen molar-refractivity contribution < 1.29 is 22.7 Å². The van der Waals surface area contributed by atoms with Gasteiger partial charge in [-0.1, -0.05) is 0 Å². The molecule has 6 nitrogen and oxygen atoms in total. The molecule has 0 saturated heterocycles. The standard InChI is InChI=1S/C19H21FN2O4S/c1-22(12-13-10-16(23)11-13)19(24)21-15-4-8-18(9-5-15)27(25,26)17-6-2-14(20)3-7-17/h2-9,13,16,23H,10-12H2,1H3,(H,21,24). The van der Waals surface area contributed by atoms with E-state index < -0.39 is 15.7 Å². The maximum atomic E-state index is 13.0. The van der Waals surface area contributed by atoms with Gasteiger partial charge in [-0.15, -0.1) is 0 Å². The second kappa shape index (κ2) is 7.66. The number of aliphatic hydroxyl groups excluding tert-OH is 1. The summed E-state index contributed by atoms with van der Waals surface area (Å²) in [6, 6.07) is 10.1. The average molecular weight is 392 g/mol. The van der Waals surface area contributed by atoms with Crippen LogP contribution in [0.4, 0.5) is 14.9 Å². The molecule has 0 heterocycles. The smallest absolute Gasteiger partial charge is 0.321 e. The number of aliphatic hydroxyl groups is 1. The number of rotatable bonds is 5. The van der Waals surface area contributed by atoms with Gasteiger partial charge in [0.2, 0.25) is 9.84 Å². The van der Waals surface area contributed by atoms with E-state index in [1.165, 1.54) is 36.4 Å². The number of nitrogens with one attached hydrogen (secondary N) is 1. The first kappa shape index (κ1) is 19.3. The van der Waals surface area contributed by atoms with Crippen LogP contribution in [-0.4, -0.2) is 44.2 Å². The van der Waals surface area contributed by atoms with Gasteiger partial charge < -0.3 is 15.3 Å². The Morgan fingerprint density at radius 1 is 1.11 bits per heavy atom. The van der Waals surface area contributed by atoms with Crippen molar-refractivity contribution >= 4 is 21.6 Å². The zero-order valence-corrected chi connectivity index (χ0v) is 15.6. The van der Waals surface area contributed by atoms with Crippen molar-refractivity contribution in [2.45, 2.75) is 28.7 Å². The van der Waals surface area contributed by atoms with E-state index in [-0.39, 0.29) is 21.9 Å². The molecule has 0 bridgehead atoms. The van der Waals surface area contributed by atoms with Crippen molar-refractivity contribution in [2.24, 2.45) is 5.92 Å². The fourth-order valence-corrected chi connectivity index (χ4v) is 4.27. The zero-order chi connectivity index (χ0) is 19.6. The predicted molar refractivity (Wildman–Crippen MR) is 98.7 cm³/mol. The molecule has 1 saturated carbocycles. The van der Waals surface area contributed by atoms with Gasteiger partial charge in [0.25, 0.3) is 0 Å². The van der Waals surface area contributed by atoms with Crippen molar-refractivity contribution in [3.8, 4) is 0 Å². The molecular weight excluding hydrogens is 371 g/mol. The van der Waals surface area contributed by atoms with E-state index in [2.05, 4.69) is 5.32 Å². The van der Waals surface area contributed by atoms with Gasteiger partial charge in [0.15, 0.2) is 0 Å². The lowest BCUT2D eigenvalue weighted by Crippen LogP contribution is -2.41. The predicted octanol–water partition coefficient (Wildman–Crippen LogP) is 2.89. The summed E-state index contributed by atoms with van der Waals surface area (Å²) < 4.78 is 38.1. The van der Waals surface area contributed by atoms with E-state index >= 15 is 0 Å². The molecule has 0 aliphatic heterocycles. The Morgan fingerprint density at radius 3 is 2.15 bits per heavy atom. The molecule has 0 atom stereocenters. The molecule has 2 aromatic carbocycles. The minimum atomic E-state index is -3.75. The van der Waals surface area contributed by atoms with Crippen LogP contribution in [0.5, 0.6) is 0 Å². The largest absolute Gasteiger partial charge is 0.393 e. The molecule has 2 amide bonds. The van der Waals surface area contributed by atoms with Gasteiger partial charge in [-0.25, -0.2) is 17.6 Å². The Bertz CT molecular complexity index is 908. The van der Waals surface area contributed by atoms with E-state index in [1.807, 2.05) is 0 Å². The van der Waals surface area contributed by atoms with Crippen LogP contribution >= 0.6 is 0 Å². The maximum absolute atomic E-state index is 13.0. The Balaban J connectivity index is 1.64. The third kappa shape index (κ3) is 4.45. The minimum Gasteiger partial charge on any atom is -0.393 e. The summed E-state index contributed by atoms with van der Waals surface area (Å²) >= 11 is 0. The van der Waals surface area contributed by atoms with Crippen molar-refractivity contribution in [3.63, 3.8) is 0 Å². The Labute approximate surface area is 157 Å². The number of amides is 2. The van der Waals surface area contributed by atoms with Crippen LogP contribution in [0.3, 0.4) is 0 Å². The molecule has 1 aliphatic carbocycles. The summed E-state index contributed by atoms with van der Waals surface area (Å²) in [7, 11) is -2.07. The molecule has 1 fully saturated rings. The summed E-state index contributed by atoms with van der Waals surface area (Å²) in [5.41, 5.74) is 0.471. The van der Waals surface area contributed by atoms with Crippen LogP contribution in [0.15, 0.2) is 58.3 Å². The molecule has 3 rings (SSSR count). The number of carbonyl (C=O) groups is 1. The molecule has 0 unspecified atom stereocenters. The molecule has 0 spiro atoms. The number of urea groups is 1. The second-order valence-corrected chi connectivity index (χ2v) is 8.73. The number of hydrogen-bond donors (Lipinski definition) is 2. The highest BCUT2D eigenvalue weighted by molar-refractivity contribution is 7.91. The van der Waals surface area contributed by atoms with E-state index in [1.54, 1.807) is 11.9 Å². The molecule has 0 radical (unpaired) electrons. The Kier molecular flexibility index (Phi) is 5.48. The molecule has 144 valence electrons. The van der Waals surface area contributed by atoms with Crippen molar-refractivity contribution in [1.29, 1.82) is 0 Å². The summed E-state index contributed by atoms with van der Waals surface area (Å²) in [4.78, 5) is 13.8. The quantitative estimate of drug-likeness (QED) is 0.766. The first-order valence-corrected chi connectivity index (χ1v) is 10.0. The zero-order valence-electron chi connectivity index (χ0n) is 14.8. The van der Waals surface area contributed by atoms with Gasteiger partial charge in [0, 0.05) is 19.3 Å². The number of carbonyl (C=O) groups excluding carboxylic acids is 1.